The summed E-state index contributed by atoms with van der Waals surface area (Å²) in [7, 11) is -2.74. The van der Waals surface area contributed by atoms with Gasteiger partial charge in [-0.2, -0.15) is 4.31 Å². The summed E-state index contributed by atoms with van der Waals surface area (Å²) in [5.41, 5.74) is -1.64. The standard InChI is InChI=1S/C21H29N3O5S/c1-21(2,23(3)30(28,29)18-6-4-5-17(12-18)24(26)27)20(25)22-19-15-8-13-7-14(10-15)11-16(19)9-13/h4-6,12-16,19H,7-11H2,1-3H3,(H,22,25). The first-order valence-corrected chi connectivity index (χ1v) is 12.0. The first kappa shape index (κ1) is 21.2. The molecule has 4 fully saturated rings. The molecule has 1 N–H and O–H groups in total. The number of hydrogen-bond donors (Lipinski definition) is 1. The van der Waals surface area contributed by atoms with Gasteiger partial charge in [-0.05, 0) is 75.7 Å². The molecule has 0 heterocycles. The lowest BCUT2D eigenvalue weighted by Crippen LogP contribution is -2.62. The molecule has 1 amide bonds. The lowest BCUT2D eigenvalue weighted by molar-refractivity contribution is -0.385. The minimum atomic E-state index is -4.09. The number of amides is 1. The van der Waals surface area contributed by atoms with Gasteiger partial charge in [-0.25, -0.2) is 8.42 Å². The lowest BCUT2D eigenvalue weighted by atomic mass is 9.54. The van der Waals surface area contributed by atoms with E-state index in [1.807, 2.05) is 0 Å². The molecule has 9 heteroatoms. The van der Waals surface area contributed by atoms with Crippen LogP contribution < -0.4 is 5.32 Å². The van der Waals surface area contributed by atoms with E-state index in [2.05, 4.69) is 5.32 Å². The molecule has 0 aliphatic heterocycles. The highest BCUT2D eigenvalue weighted by Crippen LogP contribution is 2.53. The SMILES string of the molecule is CN(C(C)(C)C(=O)NC1C2CC3CC(C2)CC1C3)S(=O)(=O)c1cccc([N+](=O)[O-])c1. The first-order valence-electron chi connectivity index (χ1n) is 10.5. The molecule has 5 rings (SSSR count). The number of carbonyl (C=O) groups is 1. The number of carbonyl (C=O) groups excluding carboxylic acids is 1. The van der Waals surface area contributed by atoms with E-state index in [4.69, 9.17) is 0 Å². The second-order valence-electron chi connectivity index (χ2n) is 9.72. The number of non-ortho nitro benzene ring substituents is 1. The van der Waals surface area contributed by atoms with Crippen molar-refractivity contribution in [2.75, 3.05) is 7.05 Å². The average Bonchev–Trinajstić information content (AvgIpc) is 2.69. The maximum Gasteiger partial charge on any atom is 0.270 e. The Balaban J connectivity index is 1.52. The molecule has 164 valence electrons. The Morgan fingerprint density at radius 2 is 1.70 bits per heavy atom. The largest absolute Gasteiger partial charge is 0.351 e. The molecule has 0 saturated heterocycles. The summed E-state index contributed by atoms with van der Waals surface area (Å²) < 4.78 is 27.3. The number of nitro groups is 1. The van der Waals surface area contributed by atoms with Crippen molar-refractivity contribution in [1.82, 2.24) is 9.62 Å². The number of benzene rings is 1. The molecule has 30 heavy (non-hydrogen) atoms. The van der Waals surface area contributed by atoms with Crippen LogP contribution in [0, 0.1) is 33.8 Å². The van der Waals surface area contributed by atoms with E-state index in [0.29, 0.717) is 11.8 Å². The van der Waals surface area contributed by atoms with Crippen molar-refractivity contribution in [2.45, 2.75) is 62.4 Å². The summed E-state index contributed by atoms with van der Waals surface area (Å²) in [4.78, 5) is 23.4. The third-order valence-electron chi connectivity index (χ3n) is 7.55. The summed E-state index contributed by atoms with van der Waals surface area (Å²) in [6.45, 7) is 3.15. The van der Waals surface area contributed by atoms with Crippen LogP contribution in [-0.2, 0) is 14.8 Å². The molecule has 4 saturated carbocycles. The minimum Gasteiger partial charge on any atom is -0.351 e. The van der Waals surface area contributed by atoms with Gasteiger partial charge in [0, 0.05) is 25.2 Å². The van der Waals surface area contributed by atoms with Crippen LogP contribution >= 0.6 is 0 Å². The van der Waals surface area contributed by atoms with Gasteiger partial charge < -0.3 is 5.32 Å². The molecule has 0 aromatic heterocycles. The zero-order chi connectivity index (χ0) is 21.8. The molecule has 4 aliphatic rings. The predicted octanol–water partition coefficient (Wildman–Crippen LogP) is 2.93. The molecular weight excluding hydrogens is 406 g/mol. The number of likely N-dealkylation sites (N-methyl/N-ethyl adjacent to an activating group) is 1. The fourth-order valence-electron chi connectivity index (χ4n) is 5.85. The molecule has 4 bridgehead atoms. The van der Waals surface area contributed by atoms with Gasteiger partial charge in [0.2, 0.25) is 15.9 Å². The van der Waals surface area contributed by atoms with Gasteiger partial charge in [-0.15, -0.1) is 0 Å². The Morgan fingerprint density at radius 1 is 1.13 bits per heavy atom. The van der Waals surface area contributed by atoms with Crippen molar-refractivity contribution < 1.29 is 18.1 Å². The summed E-state index contributed by atoms with van der Waals surface area (Å²) in [5, 5.41) is 14.2. The number of hydrogen-bond acceptors (Lipinski definition) is 5. The number of nitrogens with zero attached hydrogens (tertiary/aromatic N) is 2. The summed E-state index contributed by atoms with van der Waals surface area (Å²) in [6.07, 6.45) is 5.93. The second kappa shape index (κ2) is 7.30. The maximum absolute atomic E-state index is 13.2. The van der Waals surface area contributed by atoms with Gasteiger partial charge in [0.15, 0.2) is 0 Å². The molecule has 4 aliphatic carbocycles. The maximum atomic E-state index is 13.2. The van der Waals surface area contributed by atoms with Crippen molar-refractivity contribution in [3.63, 3.8) is 0 Å². The average molecular weight is 436 g/mol. The molecule has 8 nitrogen and oxygen atoms in total. The topological polar surface area (TPSA) is 110 Å². The highest BCUT2D eigenvalue weighted by molar-refractivity contribution is 7.89. The smallest absolute Gasteiger partial charge is 0.270 e. The fourth-order valence-corrected chi connectivity index (χ4v) is 7.37. The molecule has 0 atom stereocenters. The van der Waals surface area contributed by atoms with Gasteiger partial charge in [-0.1, -0.05) is 6.07 Å². The number of rotatable bonds is 6. The van der Waals surface area contributed by atoms with Crippen LogP contribution in [0.3, 0.4) is 0 Å². The van der Waals surface area contributed by atoms with Crippen molar-refractivity contribution in [3.8, 4) is 0 Å². The van der Waals surface area contributed by atoms with Crippen LogP contribution in [0.25, 0.3) is 0 Å². The number of sulfonamides is 1. The number of nitro benzene ring substituents is 1. The van der Waals surface area contributed by atoms with E-state index in [0.717, 1.165) is 47.9 Å². The monoisotopic (exact) mass is 435 g/mol. The normalized spacial score (nSPS) is 30.5. The lowest BCUT2D eigenvalue weighted by Gasteiger charge is -2.54. The van der Waals surface area contributed by atoms with Crippen LogP contribution in [-0.4, -0.2) is 42.2 Å². The van der Waals surface area contributed by atoms with Gasteiger partial charge >= 0.3 is 0 Å². The third kappa shape index (κ3) is 3.51. The van der Waals surface area contributed by atoms with Gasteiger partial charge in [0.1, 0.15) is 5.54 Å². The van der Waals surface area contributed by atoms with Gasteiger partial charge in [-0.3, -0.25) is 14.9 Å². The van der Waals surface area contributed by atoms with Crippen LogP contribution in [0.4, 0.5) is 5.69 Å². The molecule has 0 unspecified atom stereocenters. The third-order valence-corrected chi connectivity index (χ3v) is 9.58. The van der Waals surface area contributed by atoms with E-state index < -0.39 is 20.5 Å². The quantitative estimate of drug-likeness (QED) is 0.546. The van der Waals surface area contributed by atoms with Crippen LogP contribution in [0.5, 0.6) is 0 Å². The van der Waals surface area contributed by atoms with Crippen molar-refractivity contribution >= 4 is 21.6 Å². The second-order valence-corrected chi connectivity index (χ2v) is 11.7. The zero-order valence-electron chi connectivity index (χ0n) is 17.6. The Morgan fingerprint density at radius 3 is 2.23 bits per heavy atom. The van der Waals surface area contributed by atoms with Crippen LogP contribution in [0.15, 0.2) is 29.2 Å². The van der Waals surface area contributed by atoms with E-state index >= 15 is 0 Å². The predicted molar refractivity (Wildman–Crippen MR) is 111 cm³/mol. The van der Waals surface area contributed by atoms with Crippen molar-refractivity contribution in [3.05, 3.63) is 34.4 Å². The molecule has 1 aromatic rings. The molecular formula is C21H29N3O5S. The summed E-state index contributed by atoms with van der Waals surface area (Å²) in [6, 6.07) is 5.02. The Kier molecular flexibility index (Phi) is 5.17. The van der Waals surface area contributed by atoms with Crippen LogP contribution in [0.1, 0.15) is 46.0 Å². The molecule has 0 spiro atoms. The van der Waals surface area contributed by atoms with Crippen LogP contribution in [0.2, 0.25) is 0 Å². The van der Waals surface area contributed by atoms with E-state index in [-0.39, 0.29) is 22.5 Å². The number of nitrogens with one attached hydrogen (secondary N) is 1. The fraction of sp³-hybridized carbons (Fsp3) is 0.667. The van der Waals surface area contributed by atoms with Crippen molar-refractivity contribution in [2.24, 2.45) is 23.7 Å². The first-order chi connectivity index (χ1) is 14.0. The Hall–Kier alpha value is -2.00. The Labute approximate surface area is 177 Å². The highest BCUT2D eigenvalue weighted by Gasteiger charge is 2.50. The molecule has 1 aromatic carbocycles. The Bertz CT molecular complexity index is 947. The highest BCUT2D eigenvalue weighted by atomic mass is 32.2. The van der Waals surface area contributed by atoms with E-state index in [1.54, 1.807) is 13.8 Å². The summed E-state index contributed by atoms with van der Waals surface area (Å²) in [5.74, 6) is 2.21. The van der Waals surface area contributed by atoms with Gasteiger partial charge in [0.05, 0.1) is 9.82 Å². The summed E-state index contributed by atoms with van der Waals surface area (Å²) >= 11 is 0. The zero-order valence-corrected chi connectivity index (χ0v) is 18.4. The van der Waals surface area contributed by atoms with E-state index in [9.17, 15) is 23.3 Å². The van der Waals surface area contributed by atoms with Gasteiger partial charge in [0.25, 0.3) is 5.69 Å². The molecule has 0 radical (unpaired) electrons. The van der Waals surface area contributed by atoms with Crippen molar-refractivity contribution in [1.29, 1.82) is 0 Å². The van der Waals surface area contributed by atoms with E-state index in [1.165, 1.54) is 31.7 Å². The minimum absolute atomic E-state index is 0.110.